The zero-order chi connectivity index (χ0) is 9.84. The van der Waals surface area contributed by atoms with Gasteiger partial charge in [0.2, 0.25) is 0 Å². The molecule has 0 amide bonds. The summed E-state index contributed by atoms with van der Waals surface area (Å²) in [6.07, 6.45) is 0. The first kappa shape index (κ1) is 9.45. The van der Waals surface area contributed by atoms with Gasteiger partial charge in [-0.2, -0.15) is 0 Å². The molecule has 0 spiro atoms. The van der Waals surface area contributed by atoms with Crippen molar-refractivity contribution in [2.24, 2.45) is 5.16 Å². The summed E-state index contributed by atoms with van der Waals surface area (Å²) in [6.45, 7) is 3.14. The van der Waals surface area contributed by atoms with Crippen LogP contribution in [0.3, 0.4) is 0 Å². The van der Waals surface area contributed by atoms with Crippen LogP contribution in [-0.2, 0) is 0 Å². The van der Waals surface area contributed by atoms with E-state index >= 15 is 0 Å². The molecule has 0 radical (unpaired) electrons. The number of benzene rings is 1. The Bertz CT molecular complexity index is 356. The van der Waals surface area contributed by atoms with Gasteiger partial charge in [0.15, 0.2) is 5.78 Å². The standard InChI is InChI=1S/C10H11NO2/c1-7(11-13)9-5-3-4-6-10(9)8(2)12/h3-6,13H,1-2H3. The number of carbonyl (C=O) groups is 1. The van der Waals surface area contributed by atoms with E-state index in [1.54, 1.807) is 31.2 Å². The van der Waals surface area contributed by atoms with Gasteiger partial charge in [-0.25, -0.2) is 0 Å². The first-order valence-corrected chi connectivity index (χ1v) is 3.96. The molecule has 1 aromatic carbocycles. The summed E-state index contributed by atoms with van der Waals surface area (Å²) >= 11 is 0. The Morgan fingerprint density at radius 2 is 1.77 bits per heavy atom. The minimum atomic E-state index is -0.0291. The van der Waals surface area contributed by atoms with Crippen LogP contribution in [0.4, 0.5) is 0 Å². The van der Waals surface area contributed by atoms with Crippen molar-refractivity contribution in [2.75, 3.05) is 0 Å². The third-order valence-corrected chi connectivity index (χ3v) is 1.85. The monoisotopic (exact) mass is 177 g/mol. The second kappa shape index (κ2) is 3.85. The average molecular weight is 177 g/mol. The molecule has 1 rings (SSSR count). The second-order valence-corrected chi connectivity index (χ2v) is 2.79. The molecular weight excluding hydrogens is 166 g/mol. The minimum Gasteiger partial charge on any atom is -0.411 e. The molecule has 13 heavy (non-hydrogen) atoms. The average Bonchev–Trinajstić information content (AvgIpc) is 2.16. The molecule has 1 aromatic rings. The minimum absolute atomic E-state index is 0.0291. The van der Waals surface area contributed by atoms with Crippen molar-refractivity contribution in [1.82, 2.24) is 0 Å². The van der Waals surface area contributed by atoms with Crippen molar-refractivity contribution < 1.29 is 10.0 Å². The fraction of sp³-hybridized carbons (Fsp3) is 0.200. The van der Waals surface area contributed by atoms with Crippen molar-refractivity contribution >= 4 is 11.5 Å². The molecule has 0 aromatic heterocycles. The summed E-state index contributed by atoms with van der Waals surface area (Å²) in [5.74, 6) is -0.0291. The van der Waals surface area contributed by atoms with E-state index in [-0.39, 0.29) is 5.78 Å². The molecule has 68 valence electrons. The lowest BCUT2D eigenvalue weighted by molar-refractivity contribution is 0.101. The molecule has 1 N–H and O–H groups in total. The summed E-state index contributed by atoms with van der Waals surface area (Å²) in [6, 6.07) is 7.06. The summed E-state index contributed by atoms with van der Waals surface area (Å²) in [5.41, 5.74) is 1.71. The maximum Gasteiger partial charge on any atom is 0.160 e. The van der Waals surface area contributed by atoms with E-state index in [4.69, 9.17) is 5.21 Å². The van der Waals surface area contributed by atoms with Gasteiger partial charge in [0, 0.05) is 11.1 Å². The van der Waals surface area contributed by atoms with E-state index in [9.17, 15) is 4.79 Å². The quantitative estimate of drug-likeness (QED) is 0.325. The Kier molecular flexibility index (Phi) is 2.80. The first-order chi connectivity index (χ1) is 6.16. The number of oxime groups is 1. The molecule has 0 fully saturated rings. The number of nitrogens with zero attached hydrogens (tertiary/aromatic N) is 1. The lowest BCUT2D eigenvalue weighted by atomic mass is 10.0. The molecule has 0 atom stereocenters. The van der Waals surface area contributed by atoms with Crippen molar-refractivity contribution in [3.8, 4) is 0 Å². The van der Waals surface area contributed by atoms with Gasteiger partial charge in [-0.3, -0.25) is 4.79 Å². The maximum absolute atomic E-state index is 11.1. The molecule has 0 aliphatic carbocycles. The van der Waals surface area contributed by atoms with Gasteiger partial charge in [0.05, 0.1) is 5.71 Å². The molecule has 0 unspecified atom stereocenters. The van der Waals surface area contributed by atoms with Gasteiger partial charge in [0.1, 0.15) is 0 Å². The highest BCUT2D eigenvalue weighted by molar-refractivity contribution is 6.09. The van der Waals surface area contributed by atoms with Crippen LogP contribution in [0.15, 0.2) is 29.4 Å². The number of Topliss-reactive ketones (excluding diaryl/α,β-unsaturated/α-hetero) is 1. The normalized spacial score (nSPS) is 11.4. The van der Waals surface area contributed by atoms with Gasteiger partial charge in [0.25, 0.3) is 0 Å². The third kappa shape index (κ3) is 1.93. The topological polar surface area (TPSA) is 49.7 Å². The number of carbonyl (C=O) groups excluding carboxylic acids is 1. The van der Waals surface area contributed by atoms with Crippen LogP contribution >= 0.6 is 0 Å². The highest BCUT2D eigenvalue weighted by Gasteiger charge is 2.08. The van der Waals surface area contributed by atoms with E-state index < -0.39 is 0 Å². The van der Waals surface area contributed by atoms with E-state index in [0.717, 1.165) is 0 Å². The number of hydrogen-bond acceptors (Lipinski definition) is 3. The maximum atomic E-state index is 11.1. The molecule has 0 aliphatic rings. The highest BCUT2D eigenvalue weighted by atomic mass is 16.4. The number of ketones is 1. The molecule has 3 heteroatoms. The molecule has 0 bridgehead atoms. The Morgan fingerprint density at radius 3 is 2.23 bits per heavy atom. The molecule has 0 saturated heterocycles. The Balaban J connectivity index is 3.28. The predicted octanol–water partition coefficient (Wildman–Crippen LogP) is 2.09. The Morgan fingerprint density at radius 1 is 1.23 bits per heavy atom. The van der Waals surface area contributed by atoms with Crippen LogP contribution in [0, 0.1) is 0 Å². The van der Waals surface area contributed by atoms with Crippen molar-refractivity contribution in [3.05, 3.63) is 35.4 Å². The van der Waals surface area contributed by atoms with Crippen LogP contribution < -0.4 is 0 Å². The van der Waals surface area contributed by atoms with Crippen LogP contribution in [0.5, 0.6) is 0 Å². The molecule has 3 nitrogen and oxygen atoms in total. The largest absolute Gasteiger partial charge is 0.411 e. The zero-order valence-electron chi connectivity index (χ0n) is 7.61. The highest BCUT2D eigenvalue weighted by Crippen LogP contribution is 2.10. The van der Waals surface area contributed by atoms with E-state index in [1.165, 1.54) is 6.92 Å². The summed E-state index contributed by atoms with van der Waals surface area (Å²) in [7, 11) is 0. The van der Waals surface area contributed by atoms with Crippen molar-refractivity contribution in [2.45, 2.75) is 13.8 Å². The van der Waals surface area contributed by atoms with Crippen LogP contribution in [-0.4, -0.2) is 16.7 Å². The van der Waals surface area contributed by atoms with E-state index in [2.05, 4.69) is 5.16 Å². The summed E-state index contributed by atoms with van der Waals surface area (Å²) in [5, 5.41) is 11.6. The predicted molar refractivity (Wildman–Crippen MR) is 50.4 cm³/mol. The van der Waals surface area contributed by atoms with Gasteiger partial charge >= 0.3 is 0 Å². The fourth-order valence-electron chi connectivity index (χ4n) is 1.16. The SMILES string of the molecule is CC(=O)c1ccccc1C(C)=NO. The lowest BCUT2D eigenvalue weighted by Crippen LogP contribution is -2.04. The first-order valence-electron chi connectivity index (χ1n) is 3.96. The smallest absolute Gasteiger partial charge is 0.160 e. The van der Waals surface area contributed by atoms with Crippen LogP contribution in [0.1, 0.15) is 29.8 Å². The van der Waals surface area contributed by atoms with Gasteiger partial charge in [-0.1, -0.05) is 29.4 Å². The van der Waals surface area contributed by atoms with E-state index in [0.29, 0.717) is 16.8 Å². The fourth-order valence-corrected chi connectivity index (χ4v) is 1.16. The van der Waals surface area contributed by atoms with E-state index in [1.807, 2.05) is 0 Å². The lowest BCUT2D eigenvalue weighted by Gasteiger charge is -2.03. The van der Waals surface area contributed by atoms with Crippen LogP contribution in [0.25, 0.3) is 0 Å². The van der Waals surface area contributed by atoms with Gasteiger partial charge in [-0.15, -0.1) is 0 Å². The second-order valence-electron chi connectivity index (χ2n) is 2.79. The number of rotatable bonds is 2. The molecule has 0 heterocycles. The Labute approximate surface area is 76.7 Å². The van der Waals surface area contributed by atoms with Crippen molar-refractivity contribution in [3.63, 3.8) is 0 Å². The summed E-state index contributed by atoms with van der Waals surface area (Å²) in [4.78, 5) is 11.1. The van der Waals surface area contributed by atoms with Gasteiger partial charge < -0.3 is 5.21 Å². The molecular formula is C10H11NO2. The van der Waals surface area contributed by atoms with Crippen molar-refractivity contribution in [1.29, 1.82) is 0 Å². The molecule has 0 aliphatic heterocycles. The van der Waals surface area contributed by atoms with Crippen LogP contribution in [0.2, 0.25) is 0 Å². The third-order valence-electron chi connectivity index (χ3n) is 1.85. The summed E-state index contributed by atoms with van der Waals surface area (Å²) < 4.78 is 0. The zero-order valence-corrected chi connectivity index (χ0v) is 7.61. The molecule has 0 saturated carbocycles. The van der Waals surface area contributed by atoms with Gasteiger partial charge in [-0.05, 0) is 13.8 Å². The Hall–Kier alpha value is -1.64. The number of hydrogen-bond donors (Lipinski definition) is 1.